The molecule has 17 nitrogen and oxygen atoms in total. The summed E-state index contributed by atoms with van der Waals surface area (Å²) in [6.07, 6.45) is -1.48. The van der Waals surface area contributed by atoms with E-state index >= 15 is 0 Å². The first kappa shape index (κ1) is 32.0. The van der Waals surface area contributed by atoms with Crippen LogP contribution in [0.5, 0.6) is 0 Å². The van der Waals surface area contributed by atoms with Gasteiger partial charge in [-0.1, -0.05) is 0 Å². The molecular weight excluding hydrogens is 484 g/mol. The van der Waals surface area contributed by atoms with Crippen LogP contribution in [0.1, 0.15) is 38.5 Å². The monoisotopic (exact) mass is 518 g/mol. The second-order valence-electron chi connectivity index (χ2n) is 7.70. The van der Waals surface area contributed by atoms with Crippen molar-refractivity contribution in [3.8, 4) is 0 Å². The van der Waals surface area contributed by atoms with Gasteiger partial charge in [0.15, 0.2) is 5.96 Å². The van der Waals surface area contributed by atoms with Gasteiger partial charge in [0.2, 0.25) is 23.6 Å². The number of hydrogen-bond acceptors (Lipinski definition) is 9. The van der Waals surface area contributed by atoms with E-state index in [1.165, 1.54) is 0 Å². The van der Waals surface area contributed by atoms with E-state index in [1.54, 1.807) is 0 Å². The van der Waals surface area contributed by atoms with Gasteiger partial charge in [-0.25, -0.2) is 4.79 Å². The Morgan fingerprint density at radius 1 is 0.750 bits per heavy atom. The molecule has 4 unspecified atom stereocenters. The van der Waals surface area contributed by atoms with Gasteiger partial charge in [0.1, 0.15) is 24.2 Å². The van der Waals surface area contributed by atoms with Crippen LogP contribution in [0.2, 0.25) is 0 Å². The van der Waals surface area contributed by atoms with Crippen LogP contribution in [0, 0.1) is 0 Å². The number of amides is 4. The number of nitrogens with one attached hydrogen (secondary N) is 3. The van der Waals surface area contributed by atoms with Gasteiger partial charge < -0.3 is 54.2 Å². The Labute approximate surface area is 206 Å². The molecule has 4 atom stereocenters. The van der Waals surface area contributed by atoms with Gasteiger partial charge in [-0.3, -0.25) is 29.0 Å². The molecule has 0 radical (unpaired) electrons. The van der Waals surface area contributed by atoms with Crippen molar-refractivity contribution in [2.75, 3.05) is 13.2 Å². The molecule has 14 N–H and O–H groups in total. The number of aliphatic carboxylic acids is 2. The average Bonchev–Trinajstić information content (AvgIpc) is 2.79. The molecule has 17 heteroatoms. The third-order valence-electron chi connectivity index (χ3n) is 4.69. The van der Waals surface area contributed by atoms with E-state index in [0.29, 0.717) is 0 Å². The van der Waals surface area contributed by atoms with Crippen LogP contribution in [0.3, 0.4) is 0 Å². The number of guanidine groups is 1. The Bertz CT molecular complexity index is 832. The minimum atomic E-state index is -1.47. The number of nitrogens with two attached hydrogens (primary N) is 4. The van der Waals surface area contributed by atoms with Crippen LogP contribution in [0.25, 0.3) is 0 Å². The molecule has 0 aliphatic heterocycles. The molecule has 0 fully saturated rings. The highest BCUT2D eigenvalue weighted by molar-refractivity contribution is 5.94. The van der Waals surface area contributed by atoms with Crippen LogP contribution in [0.15, 0.2) is 4.99 Å². The average molecular weight is 519 g/mol. The molecule has 36 heavy (non-hydrogen) atoms. The largest absolute Gasteiger partial charge is 0.481 e. The molecule has 0 saturated heterocycles. The summed E-state index contributed by atoms with van der Waals surface area (Å²) in [5.74, 6) is -6.57. The first-order valence-electron chi connectivity index (χ1n) is 10.8. The third kappa shape index (κ3) is 13.7. The summed E-state index contributed by atoms with van der Waals surface area (Å²) in [4.78, 5) is 75.0. The fourth-order valence-electron chi connectivity index (χ4n) is 2.76. The first-order chi connectivity index (χ1) is 16.8. The molecule has 0 aromatic carbocycles. The second-order valence-corrected chi connectivity index (χ2v) is 7.70. The van der Waals surface area contributed by atoms with Gasteiger partial charge in [0, 0.05) is 19.4 Å². The Kier molecular flexibility index (Phi) is 14.8. The molecule has 0 aromatic heterocycles. The summed E-state index contributed by atoms with van der Waals surface area (Å²) in [5.41, 5.74) is 20.9. The predicted octanol–water partition coefficient (Wildman–Crippen LogP) is -4.97. The summed E-state index contributed by atoms with van der Waals surface area (Å²) in [6, 6.07) is -5.70. The molecule has 0 aliphatic carbocycles. The lowest BCUT2D eigenvalue weighted by Crippen LogP contribution is -2.57. The standard InChI is InChI=1S/C19H34N8O9/c20-9(8-28)15(32)25-11(4-6-14(30)31)16(33)26-10(3-5-13(21)29)17(34)27-12(18(35)36)2-1-7-24-19(22)23/h9-12,28H,1-8,20H2,(H2,21,29)(H,25,32)(H,26,33)(H,27,34)(H,30,31)(H,35,36)(H4,22,23,24). The number of aliphatic imine (C=N–C) groups is 1. The van der Waals surface area contributed by atoms with Gasteiger partial charge in [-0.2, -0.15) is 0 Å². The summed E-state index contributed by atoms with van der Waals surface area (Å²) in [5, 5.41) is 34.0. The minimum Gasteiger partial charge on any atom is -0.481 e. The smallest absolute Gasteiger partial charge is 0.326 e. The SMILES string of the molecule is NC(=O)CCC(NC(=O)C(CCC(=O)O)NC(=O)C(N)CO)C(=O)NC(CCCN=C(N)N)C(=O)O. The van der Waals surface area contributed by atoms with E-state index < -0.39 is 79.2 Å². The van der Waals surface area contributed by atoms with Crippen LogP contribution in [0.4, 0.5) is 0 Å². The molecule has 4 amide bonds. The summed E-state index contributed by atoms with van der Waals surface area (Å²) in [7, 11) is 0. The van der Waals surface area contributed by atoms with Gasteiger partial charge >= 0.3 is 11.9 Å². The van der Waals surface area contributed by atoms with Crippen molar-refractivity contribution in [2.24, 2.45) is 27.9 Å². The number of aliphatic hydroxyl groups excluding tert-OH is 1. The Morgan fingerprint density at radius 3 is 1.69 bits per heavy atom. The highest BCUT2D eigenvalue weighted by Gasteiger charge is 2.30. The van der Waals surface area contributed by atoms with Crippen molar-refractivity contribution in [3.05, 3.63) is 0 Å². The topological polar surface area (TPSA) is 316 Å². The van der Waals surface area contributed by atoms with Crippen molar-refractivity contribution in [2.45, 2.75) is 62.7 Å². The maximum Gasteiger partial charge on any atom is 0.326 e. The normalized spacial score (nSPS) is 13.8. The van der Waals surface area contributed by atoms with Gasteiger partial charge in [-0.15, -0.1) is 0 Å². The zero-order valence-corrected chi connectivity index (χ0v) is 19.5. The highest BCUT2D eigenvalue weighted by Crippen LogP contribution is 2.05. The second kappa shape index (κ2) is 16.6. The Balaban J connectivity index is 5.55. The van der Waals surface area contributed by atoms with E-state index in [9.17, 15) is 33.9 Å². The maximum absolute atomic E-state index is 12.8. The Hall–Kier alpha value is -3.99. The van der Waals surface area contributed by atoms with E-state index in [2.05, 4.69) is 20.9 Å². The van der Waals surface area contributed by atoms with Crippen molar-refractivity contribution in [1.29, 1.82) is 0 Å². The minimum absolute atomic E-state index is 0.0648. The van der Waals surface area contributed by atoms with Crippen LogP contribution >= 0.6 is 0 Å². The van der Waals surface area contributed by atoms with Crippen LogP contribution in [-0.2, 0) is 28.8 Å². The first-order valence-corrected chi connectivity index (χ1v) is 10.8. The lowest BCUT2D eigenvalue weighted by molar-refractivity contribution is -0.142. The van der Waals surface area contributed by atoms with Crippen molar-refractivity contribution < 1.29 is 44.1 Å². The molecule has 0 spiro atoms. The number of aliphatic hydroxyl groups is 1. The van der Waals surface area contributed by atoms with Crippen molar-refractivity contribution >= 4 is 41.5 Å². The summed E-state index contributed by atoms with van der Waals surface area (Å²) in [6.45, 7) is -0.646. The van der Waals surface area contributed by atoms with E-state index in [4.69, 9.17) is 33.1 Å². The maximum atomic E-state index is 12.8. The van der Waals surface area contributed by atoms with E-state index in [-0.39, 0.29) is 38.2 Å². The fourth-order valence-corrected chi connectivity index (χ4v) is 2.76. The molecule has 0 aliphatic rings. The summed E-state index contributed by atoms with van der Waals surface area (Å²) < 4.78 is 0. The van der Waals surface area contributed by atoms with Crippen LogP contribution < -0.4 is 38.9 Å². The third-order valence-corrected chi connectivity index (χ3v) is 4.69. The zero-order valence-electron chi connectivity index (χ0n) is 19.5. The number of nitrogens with zero attached hydrogens (tertiary/aromatic N) is 1. The van der Waals surface area contributed by atoms with Gasteiger partial charge in [-0.05, 0) is 25.7 Å². The van der Waals surface area contributed by atoms with Crippen LogP contribution in [-0.4, -0.2) is 94.2 Å². The highest BCUT2D eigenvalue weighted by atomic mass is 16.4. The fraction of sp³-hybridized carbons (Fsp3) is 0.632. The number of carboxylic acids is 2. The lowest BCUT2D eigenvalue weighted by Gasteiger charge is -2.24. The zero-order chi connectivity index (χ0) is 27.8. The number of hydrogen-bond donors (Lipinski definition) is 10. The molecule has 0 aromatic rings. The van der Waals surface area contributed by atoms with E-state index in [1.807, 2.05) is 0 Å². The molecule has 0 rings (SSSR count). The number of rotatable bonds is 18. The molecule has 0 bridgehead atoms. The van der Waals surface area contributed by atoms with Crippen molar-refractivity contribution in [1.82, 2.24) is 16.0 Å². The summed E-state index contributed by atoms with van der Waals surface area (Å²) >= 11 is 0. The number of primary amides is 1. The number of carboxylic acid groups (broad SMARTS) is 2. The molecule has 0 heterocycles. The van der Waals surface area contributed by atoms with E-state index in [0.717, 1.165) is 0 Å². The van der Waals surface area contributed by atoms with Gasteiger partial charge in [0.25, 0.3) is 0 Å². The molecular formula is C19H34N8O9. The van der Waals surface area contributed by atoms with Gasteiger partial charge in [0.05, 0.1) is 6.61 Å². The van der Waals surface area contributed by atoms with Crippen molar-refractivity contribution in [3.63, 3.8) is 0 Å². The Morgan fingerprint density at radius 2 is 1.25 bits per heavy atom. The lowest BCUT2D eigenvalue weighted by atomic mass is 10.1. The number of carbonyl (C=O) groups excluding carboxylic acids is 4. The quantitative estimate of drug-likeness (QED) is 0.0463. The molecule has 0 saturated carbocycles. The predicted molar refractivity (Wildman–Crippen MR) is 124 cm³/mol. The number of carbonyl (C=O) groups is 6. The molecule has 204 valence electrons.